The standard InChI is InChI=1S/C21H21ClN2O2S/c1-5-12-24-19-14(4)17(22)10-11-18(19)27-21(24)23-20(25)15-6-8-16(9-7-15)26-13(2)3/h5-11,13H,1,12H2,2-4H3. The maximum Gasteiger partial charge on any atom is 0.279 e. The van der Waals surface area contributed by atoms with Crippen LogP contribution in [0.4, 0.5) is 0 Å². The van der Waals surface area contributed by atoms with Gasteiger partial charge in [0.25, 0.3) is 5.91 Å². The molecule has 3 aromatic rings. The van der Waals surface area contributed by atoms with Crippen molar-refractivity contribution in [2.75, 3.05) is 0 Å². The van der Waals surface area contributed by atoms with E-state index in [1.165, 1.54) is 11.3 Å². The molecule has 0 unspecified atom stereocenters. The number of carbonyl (C=O) groups is 1. The molecular weight excluding hydrogens is 380 g/mol. The van der Waals surface area contributed by atoms with Crippen molar-refractivity contribution in [1.82, 2.24) is 4.57 Å². The van der Waals surface area contributed by atoms with Gasteiger partial charge >= 0.3 is 0 Å². The van der Waals surface area contributed by atoms with Crippen molar-refractivity contribution >= 4 is 39.1 Å². The van der Waals surface area contributed by atoms with E-state index in [0.717, 1.165) is 21.5 Å². The number of fused-ring (bicyclic) bond motifs is 1. The van der Waals surface area contributed by atoms with E-state index in [1.54, 1.807) is 30.3 Å². The van der Waals surface area contributed by atoms with Crippen molar-refractivity contribution in [3.63, 3.8) is 0 Å². The van der Waals surface area contributed by atoms with Gasteiger partial charge in [-0.25, -0.2) is 0 Å². The van der Waals surface area contributed by atoms with E-state index in [-0.39, 0.29) is 12.0 Å². The number of benzene rings is 2. The van der Waals surface area contributed by atoms with E-state index in [9.17, 15) is 4.79 Å². The first-order valence-corrected chi connectivity index (χ1v) is 9.85. The smallest absolute Gasteiger partial charge is 0.279 e. The Balaban J connectivity index is 2.04. The number of hydrogen-bond donors (Lipinski definition) is 0. The van der Waals surface area contributed by atoms with Crippen LogP contribution in [-0.2, 0) is 6.54 Å². The van der Waals surface area contributed by atoms with Crippen molar-refractivity contribution in [2.45, 2.75) is 33.4 Å². The highest BCUT2D eigenvalue weighted by atomic mass is 35.5. The molecule has 27 heavy (non-hydrogen) atoms. The number of ether oxygens (including phenoxy) is 1. The Labute approximate surface area is 167 Å². The van der Waals surface area contributed by atoms with E-state index >= 15 is 0 Å². The Hall–Kier alpha value is -2.37. The Bertz CT molecular complexity index is 1060. The minimum atomic E-state index is -0.292. The van der Waals surface area contributed by atoms with Crippen LogP contribution in [0.5, 0.6) is 5.75 Å². The normalized spacial score (nSPS) is 12.0. The Morgan fingerprint density at radius 1 is 1.30 bits per heavy atom. The summed E-state index contributed by atoms with van der Waals surface area (Å²) in [5.41, 5.74) is 2.47. The van der Waals surface area contributed by atoms with Gasteiger partial charge in [-0.3, -0.25) is 4.79 Å². The predicted octanol–water partition coefficient (Wildman–Crippen LogP) is 5.38. The lowest BCUT2D eigenvalue weighted by Gasteiger charge is -2.09. The van der Waals surface area contributed by atoms with E-state index in [0.29, 0.717) is 21.9 Å². The molecule has 140 valence electrons. The first-order chi connectivity index (χ1) is 12.9. The molecular formula is C21H21ClN2O2S. The number of halogens is 1. The van der Waals surface area contributed by atoms with Gasteiger partial charge in [-0.05, 0) is 62.7 Å². The van der Waals surface area contributed by atoms with Crippen molar-refractivity contribution in [2.24, 2.45) is 4.99 Å². The summed E-state index contributed by atoms with van der Waals surface area (Å²) >= 11 is 7.74. The number of amides is 1. The lowest BCUT2D eigenvalue weighted by atomic mass is 10.2. The van der Waals surface area contributed by atoms with Crippen LogP contribution in [0.3, 0.4) is 0 Å². The van der Waals surface area contributed by atoms with Crippen LogP contribution in [0.15, 0.2) is 54.0 Å². The van der Waals surface area contributed by atoms with Crippen LogP contribution in [0.2, 0.25) is 5.02 Å². The zero-order chi connectivity index (χ0) is 19.6. The molecule has 4 nitrogen and oxygen atoms in total. The third kappa shape index (κ3) is 4.15. The fourth-order valence-electron chi connectivity index (χ4n) is 2.80. The van der Waals surface area contributed by atoms with E-state index in [1.807, 2.05) is 37.5 Å². The van der Waals surface area contributed by atoms with Crippen molar-refractivity contribution in [3.8, 4) is 5.75 Å². The average molecular weight is 401 g/mol. The predicted molar refractivity (Wildman–Crippen MR) is 112 cm³/mol. The summed E-state index contributed by atoms with van der Waals surface area (Å²) in [6.07, 6.45) is 1.87. The molecule has 0 saturated heterocycles. The Morgan fingerprint density at radius 2 is 2.00 bits per heavy atom. The molecule has 0 bridgehead atoms. The number of aromatic nitrogens is 1. The molecule has 6 heteroatoms. The average Bonchev–Trinajstić information content (AvgIpc) is 2.96. The molecule has 0 N–H and O–H groups in total. The SMILES string of the molecule is C=CCn1c(=NC(=O)c2ccc(OC(C)C)cc2)sc2ccc(Cl)c(C)c21. The molecule has 1 aromatic heterocycles. The molecule has 0 saturated carbocycles. The highest BCUT2D eigenvalue weighted by molar-refractivity contribution is 7.16. The highest BCUT2D eigenvalue weighted by Crippen LogP contribution is 2.27. The molecule has 1 heterocycles. The largest absolute Gasteiger partial charge is 0.491 e. The zero-order valence-electron chi connectivity index (χ0n) is 15.5. The van der Waals surface area contributed by atoms with Crippen LogP contribution in [0, 0.1) is 6.92 Å². The number of nitrogens with zero attached hydrogens (tertiary/aromatic N) is 2. The summed E-state index contributed by atoms with van der Waals surface area (Å²) in [6.45, 7) is 10.3. The monoisotopic (exact) mass is 400 g/mol. The fourth-order valence-corrected chi connectivity index (χ4v) is 4.05. The maximum absolute atomic E-state index is 12.7. The van der Waals surface area contributed by atoms with Crippen LogP contribution >= 0.6 is 22.9 Å². The highest BCUT2D eigenvalue weighted by Gasteiger charge is 2.12. The Morgan fingerprint density at radius 3 is 2.63 bits per heavy atom. The number of carbonyl (C=O) groups excluding carboxylic acids is 1. The summed E-state index contributed by atoms with van der Waals surface area (Å²) in [5.74, 6) is 0.439. The third-order valence-corrected chi connectivity index (χ3v) is 5.46. The summed E-state index contributed by atoms with van der Waals surface area (Å²) < 4.78 is 8.62. The molecule has 0 aliphatic rings. The van der Waals surface area contributed by atoms with E-state index < -0.39 is 0 Å². The van der Waals surface area contributed by atoms with E-state index in [2.05, 4.69) is 11.6 Å². The minimum absolute atomic E-state index is 0.0858. The zero-order valence-corrected chi connectivity index (χ0v) is 17.1. The molecule has 0 spiro atoms. The van der Waals surface area contributed by atoms with Gasteiger partial charge in [0.1, 0.15) is 5.75 Å². The van der Waals surface area contributed by atoms with Crippen molar-refractivity contribution in [1.29, 1.82) is 0 Å². The topological polar surface area (TPSA) is 43.6 Å². The fraction of sp³-hybridized carbons (Fsp3) is 0.238. The van der Waals surface area contributed by atoms with E-state index in [4.69, 9.17) is 16.3 Å². The summed E-state index contributed by atoms with van der Waals surface area (Å²) in [4.78, 5) is 17.7. The second-order valence-corrected chi connectivity index (χ2v) is 7.83. The molecule has 2 aromatic carbocycles. The molecule has 0 aliphatic carbocycles. The van der Waals surface area contributed by atoms with Crippen LogP contribution in [-0.4, -0.2) is 16.6 Å². The van der Waals surface area contributed by atoms with Crippen LogP contribution < -0.4 is 9.54 Å². The number of allylic oxidation sites excluding steroid dienone is 1. The quantitative estimate of drug-likeness (QED) is 0.539. The number of rotatable bonds is 5. The molecule has 0 radical (unpaired) electrons. The molecule has 1 amide bonds. The molecule has 0 fully saturated rings. The van der Waals surface area contributed by atoms with Gasteiger partial charge < -0.3 is 9.30 Å². The van der Waals surface area contributed by atoms with Crippen LogP contribution in [0.25, 0.3) is 10.2 Å². The number of hydrogen-bond acceptors (Lipinski definition) is 3. The van der Waals surface area contributed by atoms with Gasteiger partial charge in [-0.1, -0.05) is 29.0 Å². The molecule has 0 atom stereocenters. The lowest BCUT2D eigenvalue weighted by molar-refractivity contribution is 0.0998. The van der Waals surface area contributed by atoms with Gasteiger partial charge in [-0.2, -0.15) is 4.99 Å². The second kappa shape index (κ2) is 8.11. The van der Waals surface area contributed by atoms with Crippen molar-refractivity contribution in [3.05, 3.63) is 70.0 Å². The summed E-state index contributed by atoms with van der Waals surface area (Å²) in [7, 11) is 0. The second-order valence-electron chi connectivity index (χ2n) is 6.41. The van der Waals surface area contributed by atoms with Gasteiger partial charge in [-0.15, -0.1) is 6.58 Å². The van der Waals surface area contributed by atoms with Gasteiger partial charge in [0.15, 0.2) is 4.80 Å². The van der Waals surface area contributed by atoms with Gasteiger partial charge in [0, 0.05) is 17.1 Å². The lowest BCUT2D eigenvalue weighted by Crippen LogP contribution is -2.16. The maximum atomic E-state index is 12.7. The number of thiazole rings is 1. The minimum Gasteiger partial charge on any atom is -0.491 e. The van der Waals surface area contributed by atoms with Crippen LogP contribution in [0.1, 0.15) is 29.8 Å². The van der Waals surface area contributed by atoms with Gasteiger partial charge in [0.2, 0.25) is 0 Å². The Kier molecular flexibility index (Phi) is 5.82. The van der Waals surface area contributed by atoms with Gasteiger partial charge in [0.05, 0.1) is 16.3 Å². The summed E-state index contributed by atoms with van der Waals surface area (Å²) in [5, 5.41) is 0.691. The number of aryl methyl sites for hydroxylation is 1. The van der Waals surface area contributed by atoms with Crippen molar-refractivity contribution < 1.29 is 9.53 Å². The molecule has 3 rings (SSSR count). The first kappa shape index (κ1) is 19.4. The third-order valence-electron chi connectivity index (χ3n) is 4.01. The first-order valence-electron chi connectivity index (χ1n) is 8.66. The molecule has 0 aliphatic heterocycles. The summed E-state index contributed by atoms with van der Waals surface area (Å²) in [6, 6.07) is 10.9.